The van der Waals surface area contributed by atoms with Gasteiger partial charge in [-0.2, -0.15) is 0 Å². The first-order chi connectivity index (χ1) is 16.2. The van der Waals surface area contributed by atoms with E-state index in [1.165, 1.54) is 30.1 Å². The minimum absolute atomic E-state index is 0.00623. The van der Waals surface area contributed by atoms with E-state index in [1.807, 2.05) is 30.3 Å². The van der Waals surface area contributed by atoms with Crippen LogP contribution in [-0.4, -0.2) is 42.6 Å². The zero-order valence-corrected chi connectivity index (χ0v) is 19.7. The molecule has 34 heavy (non-hydrogen) atoms. The average Bonchev–Trinajstić information content (AvgIpc) is 3.55. The summed E-state index contributed by atoms with van der Waals surface area (Å²) in [7, 11) is -2.02. The lowest BCUT2D eigenvalue weighted by atomic mass is 9.93. The summed E-state index contributed by atoms with van der Waals surface area (Å²) in [5.41, 5.74) is 2.08. The number of nitrogens with zero attached hydrogens (tertiary/aromatic N) is 2. The Bertz CT molecular complexity index is 1540. The molecule has 0 spiro atoms. The highest BCUT2D eigenvalue weighted by Crippen LogP contribution is 2.27. The number of carbonyl (C=O) groups excluding carboxylic acids is 1. The molecule has 0 amide bonds. The minimum Gasteiger partial charge on any atom is -0.464 e. The van der Waals surface area contributed by atoms with Crippen molar-refractivity contribution in [2.45, 2.75) is 18.2 Å². The van der Waals surface area contributed by atoms with Gasteiger partial charge in [-0.15, -0.1) is 0 Å². The molecule has 2 aromatic heterocycles. The fraction of sp³-hybridized carbons (Fsp3) is 0.208. The van der Waals surface area contributed by atoms with Crippen molar-refractivity contribution in [2.75, 3.05) is 12.9 Å². The molecule has 0 bridgehead atoms. The number of aryl methyl sites for hydroxylation is 1. The van der Waals surface area contributed by atoms with E-state index in [4.69, 9.17) is 9.25 Å². The van der Waals surface area contributed by atoms with E-state index in [-0.39, 0.29) is 16.0 Å². The number of H-pyrrole nitrogens is 1. The van der Waals surface area contributed by atoms with Crippen molar-refractivity contribution in [3.8, 4) is 0 Å². The average molecular weight is 482 g/mol. The Morgan fingerprint density at radius 3 is 2.50 bits per heavy atom. The van der Waals surface area contributed by atoms with Crippen molar-refractivity contribution in [1.82, 2.24) is 9.78 Å². The van der Waals surface area contributed by atoms with Gasteiger partial charge >= 0.3 is 0 Å². The summed E-state index contributed by atoms with van der Waals surface area (Å²) in [5, 5.41) is 7.73. The number of hydrogen-bond donors (Lipinski definition) is 1. The van der Waals surface area contributed by atoms with E-state index >= 15 is 0 Å². The predicted octanol–water partition coefficient (Wildman–Crippen LogP) is 3.21. The van der Waals surface area contributed by atoms with Gasteiger partial charge in [0, 0.05) is 42.4 Å². The molecule has 0 aliphatic carbocycles. The Morgan fingerprint density at radius 1 is 1.12 bits per heavy atom. The predicted molar refractivity (Wildman–Crippen MR) is 127 cm³/mol. The zero-order valence-electron chi connectivity index (χ0n) is 18.9. The Kier molecular flexibility index (Phi) is 6.25. The molecule has 0 unspecified atom stereocenters. The number of fused-ring (bicyclic) bond motifs is 1. The summed E-state index contributed by atoms with van der Waals surface area (Å²) in [4.78, 5) is 29.9. The molecule has 5 rings (SSSR count). The molecule has 9 nitrogen and oxygen atoms in total. The van der Waals surface area contributed by atoms with Crippen molar-refractivity contribution >= 4 is 32.3 Å². The van der Waals surface area contributed by atoms with Gasteiger partial charge in [-0.3, -0.25) is 14.3 Å². The first-order valence-electron chi connectivity index (χ1n) is 10.4. The molecule has 0 saturated heterocycles. The first kappa shape index (κ1) is 23.2. The van der Waals surface area contributed by atoms with Crippen molar-refractivity contribution in [3.63, 3.8) is 0 Å². The van der Waals surface area contributed by atoms with E-state index in [0.29, 0.717) is 29.9 Å². The number of carbonyl (C=O) groups is 1. The molecular formula is C24H23N3O6S. The fourth-order valence-corrected chi connectivity index (χ4v) is 4.72. The van der Waals surface area contributed by atoms with Crippen molar-refractivity contribution in [3.05, 3.63) is 87.5 Å². The third-order valence-electron chi connectivity index (χ3n) is 5.51. The smallest absolute Gasteiger partial charge is 0.277 e. The molecule has 2 aromatic carbocycles. The largest absolute Gasteiger partial charge is 0.464 e. The second-order valence-electron chi connectivity index (χ2n) is 7.84. The maximum atomic E-state index is 12.8. The summed E-state index contributed by atoms with van der Waals surface area (Å²) in [6.07, 6.45) is 4.59. The highest BCUT2D eigenvalue weighted by Gasteiger charge is 2.27. The third-order valence-corrected chi connectivity index (χ3v) is 6.65. The van der Waals surface area contributed by atoms with Crippen LogP contribution in [0.3, 0.4) is 0 Å². The minimum atomic E-state index is -3.52. The number of para-hydroxylation sites is 1. The van der Waals surface area contributed by atoms with Gasteiger partial charge < -0.3 is 14.4 Å². The molecule has 1 aliphatic heterocycles. The van der Waals surface area contributed by atoms with E-state index in [1.54, 1.807) is 13.2 Å². The van der Waals surface area contributed by atoms with E-state index in [0.717, 1.165) is 17.2 Å². The Labute approximate surface area is 195 Å². The van der Waals surface area contributed by atoms with Crippen LogP contribution in [0.2, 0.25) is 0 Å². The Balaban J connectivity index is 0.000000252. The molecule has 0 atom stereocenters. The number of aromatic nitrogens is 2. The van der Waals surface area contributed by atoms with Gasteiger partial charge in [-0.1, -0.05) is 23.4 Å². The summed E-state index contributed by atoms with van der Waals surface area (Å²) in [6.45, 7) is 2.00. The number of ketones is 1. The van der Waals surface area contributed by atoms with Crippen LogP contribution in [0.15, 0.2) is 74.2 Å². The third kappa shape index (κ3) is 4.44. The van der Waals surface area contributed by atoms with Crippen LogP contribution in [0, 0.1) is 6.92 Å². The standard InChI is InChI=1S/C16H17N3O5S.C8H6O/c1-9-10(15(20)11-8-17-19(2)16(11)21)4-5-13(25(3,22)23)14(9)12-6-7-24-18-12;1-2-4-8-7(3-1)5-6-9-8/h4-5,8,17H,6-7H2,1-3H3;1-6H. The summed E-state index contributed by atoms with van der Waals surface area (Å²) in [5.74, 6) is -0.472. The van der Waals surface area contributed by atoms with Crippen LogP contribution in [0.1, 0.15) is 33.5 Å². The first-order valence-corrected chi connectivity index (χ1v) is 12.3. The second-order valence-corrected chi connectivity index (χ2v) is 9.83. The highest BCUT2D eigenvalue weighted by molar-refractivity contribution is 7.90. The summed E-state index contributed by atoms with van der Waals surface area (Å²) >= 11 is 0. The molecule has 1 N–H and O–H groups in total. The van der Waals surface area contributed by atoms with Gasteiger partial charge in [0.1, 0.15) is 17.8 Å². The van der Waals surface area contributed by atoms with Crippen LogP contribution >= 0.6 is 0 Å². The highest BCUT2D eigenvalue weighted by atomic mass is 32.2. The van der Waals surface area contributed by atoms with Gasteiger partial charge in [-0.25, -0.2) is 8.42 Å². The summed E-state index contributed by atoms with van der Waals surface area (Å²) in [6, 6.07) is 12.7. The number of furan rings is 1. The number of aromatic amines is 1. The van der Waals surface area contributed by atoms with Crippen LogP contribution in [0.25, 0.3) is 11.0 Å². The van der Waals surface area contributed by atoms with Gasteiger partial charge in [0.25, 0.3) is 5.56 Å². The maximum Gasteiger partial charge on any atom is 0.277 e. The van der Waals surface area contributed by atoms with Gasteiger partial charge in [0.05, 0.1) is 16.9 Å². The van der Waals surface area contributed by atoms with Crippen molar-refractivity contribution < 1.29 is 22.5 Å². The van der Waals surface area contributed by atoms with E-state index < -0.39 is 21.2 Å². The lowest BCUT2D eigenvalue weighted by Gasteiger charge is -2.13. The van der Waals surface area contributed by atoms with Gasteiger partial charge in [0.15, 0.2) is 15.6 Å². The molecule has 0 saturated carbocycles. The number of oxime groups is 1. The SMILES string of the molecule is Cc1c(C(=O)c2c[nH]n(C)c2=O)ccc(S(C)(=O)=O)c1C1=NOCC1.c1ccc2occc2c1. The number of rotatable bonds is 4. The molecule has 176 valence electrons. The van der Waals surface area contributed by atoms with Gasteiger partial charge in [-0.05, 0) is 36.8 Å². The van der Waals surface area contributed by atoms with Crippen LogP contribution in [-0.2, 0) is 21.7 Å². The second kappa shape index (κ2) is 9.14. The number of sulfone groups is 1. The molecule has 0 radical (unpaired) electrons. The lowest BCUT2D eigenvalue weighted by molar-refractivity contribution is 0.103. The monoisotopic (exact) mass is 481 g/mol. The Morgan fingerprint density at radius 2 is 1.88 bits per heavy atom. The number of benzene rings is 2. The topological polar surface area (TPSA) is 124 Å². The quantitative estimate of drug-likeness (QED) is 0.447. The summed E-state index contributed by atoms with van der Waals surface area (Å²) < 4.78 is 30.6. The van der Waals surface area contributed by atoms with E-state index in [2.05, 4.69) is 10.3 Å². The number of hydrogen-bond acceptors (Lipinski definition) is 7. The van der Waals surface area contributed by atoms with Gasteiger partial charge in [0.2, 0.25) is 0 Å². The normalized spacial score (nSPS) is 13.2. The van der Waals surface area contributed by atoms with Crippen molar-refractivity contribution in [1.29, 1.82) is 0 Å². The Hall–Kier alpha value is -3.92. The molecule has 1 aliphatic rings. The molecule has 0 fully saturated rings. The molecule has 4 aromatic rings. The fourth-order valence-electron chi connectivity index (χ4n) is 3.76. The zero-order chi connectivity index (χ0) is 24.5. The molecular weight excluding hydrogens is 458 g/mol. The van der Waals surface area contributed by atoms with E-state index in [9.17, 15) is 18.0 Å². The maximum absolute atomic E-state index is 12.8. The molecule has 10 heteroatoms. The van der Waals surface area contributed by atoms with Crippen molar-refractivity contribution in [2.24, 2.45) is 12.2 Å². The van der Waals surface area contributed by atoms with Crippen LogP contribution < -0.4 is 5.56 Å². The molecule has 3 heterocycles. The van der Waals surface area contributed by atoms with Crippen LogP contribution in [0.4, 0.5) is 0 Å². The lowest BCUT2D eigenvalue weighted by Crippen LogP contribution is -2.21. The van der Waals surface area contributed by atoms with Crippen LogP contribution in [0.5, 0.6) is 0 Å². The number of nitrogens with one attached hydrogen (secondary N) is 1.